The van der Waals surface area contributed by atoms with Gasteiger partial charge >= 0.3 is 0 Å². The molecule has 2 aromatic rings. The van der Waals surface area contributed by atoms with Crippen LogP contribution in [-0.4, -0.2) is 59.4 Å². The van der Waals surface area contributed by atoms with Crippen molar-refractivity contribution in [3.63, 3.8) is 0 Å². The van der Waals surface area contributed by atoms with E-state index >= 15 is 0 Å². The van der Waals surface area contributed by atoms with Crippen LogP contribution in [0.5, 0.6) is 5.75 Å². The molecule has 3 rings (SSSR count). The molecule has 182 valence electrons. The zero-order chi connectivity index (χ0) is 24.8. The van der Waals surface area contributed by atoms with Crippen molar-refractivity contribution in [2.45, 2.75) is 40.2 Å². The minimum Gasteiger partial charge on any atom is -0.507 e. The third kappa shape index (κ3) is 5.45. The number of halogens is 1. The number of hydrogen-bond acceptors (Lipinski definition) is 5. The highest BCUT2D eigenvalue weighted by molar-refractivity contribution is 6.46. The lowest BCUT2D eigenvalue weighted by molar-refractivity contribution is -0.140. The van der Waals surface area contributed by atoms with Crippen LogP contribution in [0.2, 0.25) is 5.02 Å². The van der Waals surface area contributed by atoms with Crippen LogP contribution < -0.4 is 4.74 Å². The van der Waals surface area contributed by atoms with Gasteiger partial charge in [-0.25, -0.2) is 0 Å². The fraction of sp³-hybridized carbons (Fsp3) is 0.407. The summed E-state index contributed by atoms with van der Waals surface area (Å²) in [6, 6.07) is 11.9. The Kier molecular flexibility index (Phi) is 8.75. The third-order valence-electron chi connectivity index (χ3n) is 6.21. The summed E-state index contributed by atoms with van der Waals surface area (Å²) in [7, 11) is 0. The maximum absolute atomic E-state index is 13.2. The van der Waals surface area contributed by atoms with Crippen LogP contribution in [0.1, 0.15) is 49.9 Å². The molecule has 0 spiro atoms. The summed E-state index contributed by atoms with van der Waals surface area (Å²) < 4.78 is 5.47. The van der Waals surface area contributed by atoms with Crippen LogP contribution in [0.3, 0.4) is 0 Å². The number of carbonyl (C=O) groups excluding carboxylic acids is 2. The van der Waals surface area contributed by atoms with E-state index in [0.717, 1.165) is 37.2 Å². The first-order valence-electron chi connectivity index (χ1n) is 11.8. The van der Waals surface area contributed by atoms with Gasteiger partial charge in [-0.3, -0.25) is 9.59 Å². The molecule has 2 aromatic carbocycles. The first-order valence-corrected chi connectivity index (χ1v) is 12.2. The van der Waals surface area contributed by atoms with E-state index in [1.165, 1.54) is 0 Å². The molecule has 0 unspecified atom stereocenters. The van der Waals surface area contributed by atoms with E-state index in [9.17, 15) is 14.7 Å². The van der Waals surface area contributed by atoms with Gasteiger partial charge in [0.25, 0.3) is 11.7 Å². The van der Waals surface area contributed by atoms with Crippen molar-refractivity contribution in [1.29, 1.82) is 0 Å². The molecule has 1 N–H and O–H groups in total. The normalized spacial score (nSPS) is 17.6. The maximum atomic E-state index is 13.2. The predicted molar refractivity (Wildman–Crippen MR) is 135 cm³/mol. The van der Waals surface area contributed by atoms with Crippen molar-refractivity contribution < 1.29 is 19.4 Å². The molecule has 0 aliphatic carbocycles. The highest BCUT2D eigenvalue weighted by Crippen LogP contribution is 2.40. The van der Waals surface area contributed by atoms with Crippen LogP contribution >= 0.6 is 11.6 Å². The molecule has 7 heteroatoms. The molecule has 0 aromatic heterocycles. The zero-order valence-electron chi connectivity index (χ0n) is 20.3. The second-order valence-corrected chi connectivity index (χ2v) is 8.77. The van der Waals surface area contributed by atoms with Crippen molar-refractivity contribution in [3.8, 4) is 5.75 Å². The number of aryl methyl sites for hydroxylation is 1. The van der Waals surface area contributed by atoms with E-state index < -0.39 is 17.7 Å². The second kappa shape index (κ2) is 11.5. The number of aliphatic hydroxyl groups is 1. The molecule has 1 atom stereocenters. The van der Waals surface area contributed by atoms with E-state index in [-0.39, 0.29) is 11.3 Å². The molecular weight excluding hydrogens is 452 g/mol. The number of likely N-dealkylation sites (tertiary alicyclic amines) is 1. The average Bonchev–Trinajstić information content (AvgIpc) is 3.08. The minimum atomic E-state index is -0.684. The number of Topliss-reactive ketones (excluding diaryl/α,β-unsaturated/α-hetero) is 1. The number of nitrogens with zero attached hydrogens (tertiary/aromatic N) is 2. The Bertz CT molecular complexity index is 1060. The van der Waals surface area contributed by atoms with E-state index in [1.54, 1.807) is 23.1 Å². The van der Waals surface area contributed by atoms with Gasteiger partial charge in [-0.15, -0.1) is 0 Å². The number of carbonyl (C=O) groups is 2. The molecule has 1 saturated heterocycles. The Morgan fingerprint density at radius 2 is 1.76 bits per heavy atom. The van der Waals surface area contributed by atoms with E-state index in [2.05, 4.69) is 18.7 Å². The summed E-state index contributed by atoms with van der Waals surface area (Å²) in [4.78, 5) is 30.1. The molecular formula is C27H33ClN2O4. The molecule has 1 fully saturated rings. The number of ketones is 1. The Hall–Kier alpha value is -2.83. The van der Waals surface area contributed by atoms with Gasteiger partial charge in [0, 0.05) is 12.1 Å². The van der Waals surface area contributed by atoms with Crippen molar-refractivity contribution in [3.05, 3.63) is 69.8 Å². The summed E-state index contributed by atoms with van der Waals surface area (Å²) in [5.74, 6) is -1.02. The Balaban J connectivity index is 2.03. The summed E-state index contributed by atoms with van der Waals surface area (Å²) in [6.07, 6.45) is 0.728. The van der Waals surface area contributed by atoms with Crippen molar-refractivity contribution in [2.75, 3.05) is 32.8 Å². The first-order chi connectivity index (χ1) is 16.3. The highest BCUT2D eigenvalue weighted by atomic mass is 35.5. The molecule has 6 nitrogen and oxygen atoms in total. The molecule has 1 amide bonds. The smallest absolute Gasteiger partial charge is 0.295 e. The molecule has 0 radical (unpaired) electrons. The number of benzene rings is 2. The SMILES string of the molecule is CCOc1ccc(C(O)=C2C(=O)C(=O)N(CCCN(CC)CC)[C@H]2c2ccc(C)cc2)cc1Cl. The number of aliphatic hydroxyl groups excluding tert-OH is 1. The third-order valence-corrected chi connectivity index (χ3v) is 6.50. The van der Waals surface area contributed by atoms with Gasteiger partial charge in [0.15, 0.2) is 0 Å². The zero-order valence-corrected chi connectivity index (χ0v) is 21.1. The summed E-state index contributed by atoms with van der Waals surface area (Å²) in [5, 5.41) is 11.5. The molecule has 34 heavy (non-hydrogen) atoms. The monoisotopic (exact) mass is 484 g/mol. The molecule has 0 saturated carbocycles. The number of ether oxygens (including phenoxy) is 1. The lowest BCUT2D eigenvalue weighted by atomic mass is 9.94. The molecule has 1 heterocycles. The Morgan fingerprint density at radius 1 is 1.09 bits per heavy atom. The predicted octanol–water partition coefficient (Wildman–Crippen LogP) is 5.20. The van der Waals surface area contributed by atoms with Crippen molar-refractivity contribution in [1.82, 2.24) is 9.80 Å². The van der Waals surface area contributed by atoms with Crippen LogP contribution in [-0.2, 0) is 9.59 Å². The van der Waals surface area contributed by atoms with Crippen LogP contribution in [0.25, 0.3) is 5.76 Å². The lowest BCUT2D eigenvalue weighted by Crippen LogP contribution is -2.33. The van der Waals surface area contributed by atoms with Crippen molar-refractivity contribution >= 4 is 29.1 Å². The van der Waals surface area contributed by atoms with Gasteiger partial charge < -0.3 is 19.6 Å². The Morgan fingerprint density at radius 3 is 2.35 bits per heavy atom. The van der Waals surface area contributed by atoms with Gasteiger partial charge in [-0.05, 0) is 63.7 Å². The average molecular weight is 485 g/mol. The number of amides is 1. The quantitative estimate of drug-likeness (QED) is 0.285. The first kappa shape index (κ1) is 25.8. The highest BCUT2D eigenvalue weighted by Gasteiger charge is 2.45. The molecule has 1 aliphatic heterocycles. The maximum Gasteiger partial charge on any atom is 0.295 e. The van der Waals surface area contributed by atoms with Gasteiger partial charge in [0.2, 0.25) is 0 Å². The van der Waals surface area contributed by atoms with Crippen LogP contribution in [0.4, 0.5) is 0 Å². The Labute approximate surface area is 206 Å². The summed E-state index contributed by atoms with van der Waals surface area (Å²) >= 11 is 6.32. The lowest BCUT2D eigenvalue weighted by Gasteiger charge is -2.27. The summed E-state index contributed by atoms with van der Waals surface area (Å²) in [5.41, 5.74) is 2.30. The van der Waals surface area contributed by atoms with E-state index in [1.807, 2.05) is 38.1 Å². The van der Waals surface area contributed by atoms with Gasteiger partial charge in [0.05, 0.1) is 23.2 Å². The molecule has 1 aliphatic rings. The number of hydrogen-bond donors (Lipinski definition) is 1. The second-order valence-electron chi connectivity index (χ2n) is 8.36. The largest absolute Gasteiger partial charge is 0.507 e. The fourth-order valence-electron chi connectivity index (χ4n) is 4.29. The van der Waals surface area contributed by atoms with Gasteiger partial charge in [0.1, 0.15) is 11.5 Å². The number of rotatable bonds is 10. The minimum absolute atomic E-state index is 0.0805. The van der Waals surface area contributed by atoms with Crippen LogP contribution in [0.15, 0.2) is 48.0 Å². The van der Waals surface area contributed by atoms with Gasteiger partial charge in [-0.1, -0.05) is 55.3 Å². The van der Waals surface area contributed by atoms with E-state index in [0.29, 0.717) is 29.5 Å². The topological polar surface area (TPSA) is 70.1 Å². The summed E-state index contributed by atoms with van der Waals surface area (Å²) in [6.45, 7) is 11.6. The van der Waals surface area contributed by atoms with E-state index in [4.69, 9.17) is 16.3 Å². The van der Waals surface area contributed by atoms with Crippen LogP contribution in [0, 0.1) is 6.92 Å². The fourth-order valence-corrected chi connectivity index (χ4v) is 4.52. The standard InChI is InChI=1S/C27H33ClN2O4/c1-5-29(6-2)15-8-16-30-24(19-11-9-18(4)10-12-19)23(26(32)27(30)33)25(31)20-13-14-22(34-7-3)21(28)17-20/h9-14,17,24,31H,5-8,15-16H2,1-4H3/t24-/m0/s1. The van der Waals surface area contributed by atoms with Crippen molar-refractivity contribution in [2.24, 2.45) is 0 Å². The van der Waals surface area contributed by atoms with Gasteiger partial charge in [-0.2, -0.15) is 0 Å². The molecule has 0 bridgehead atoms.